The highest BCUT2D eigenvalue weighted by atomic mass is 15.2. The van der Waals surface area contributed by atoms with Crippen molar-refractivity contribution in [1.29, 1.82) is 5.41 Å². The molecule has 0 aromatic heterocycles. The first-order chi connectivity index (χ1) is 9.72. The van der Waals surface area contributed by atoms with E-state index in [1.54, 1.807) is 0 Å². The largest absolute Gasteiger partial charge is 0.387 e. The molecule has 2 unspecified atom stereocenters. The molecule has 1 fully saturated rings. The second-order valence-electron chi connectivity index (χ2n) is 5.82. The summed E-state index contributed by atoms with van der Waals surface area (Å²) in [7, 11) is 0. The molecule has 1 aliphatic rings. The Kier molecular flexibility index (Phi) is 5.60. The van der Waals surface area contributed by atoms with Crippen LogP contribution in [0, 0.1) is 5.41 Å². The molecule has 110 valence electrons. The average molecular weight is 273 g/mol. The van der Waals surface area contributed by atoms with Crippen molar-refractivity contribution in [3.63, 3.8) is 0 Å². The summed E-state index contributed by atoms with van der Waals surface area (Å²) in [6, 6.07) is 10.9. The maximum Gasteiger partial charge on any atom is 0.0995 e. The van der Waals surface area contributed by atoms with Gasteiger partial charge in [-0.05, 0) is 31.4 Å². The van der Waals surface area contributed by atoms with Crippen molar-refractivity contribution < 1.29 is 0 Å². The maximum absolute atomic E-state index is 7.94. The molecule has 0 saturated carbocycles. The van der Waals surface area contributed by atoms with Crippen molar-refractivity contribution in [2.24, 2.45) is 5.73 Å². The zero-order chi connectivity index (χ0) is 14.4. The monoisotopic (exact) mass is 273 g/mol. The van der Waals surface area contributed by atoms with Crippen molar-refractivity contribution >= 4 is 5.84 Å². The highest BCUT2D eigenvalue weighted by Gasteiger charge is 2.24. The van der Waals surface area contributed by atoms with Crippen LogP contribution in [0.5, 0.6) is 0 Å². The molecule has 0 bridgehead atoms. The molecule has 20 heavy (non-hydrogen) atoms. The van der Waals surface area contributed by atoms with Crippen molar-refractivity contribution in [2.75, 3.05) is 13.1 Å². The van der Waals surface area contributed by atoms with Crippen LogP contribution in [0.25, 0.3) is 0 Å². The third kappa shape index (κ3) is 3.83. The van der Waals surface area contributed by atoms with Gasteiger partial charge in [0.05, 0.1) is 11.8 Å². The maximum atomic E-state index is 7.94. The lowest BCUT2D eigenvalue weighted by Crippen LogP contribution is -2.40. The van der Waals surface area contributed by atoms with Crippen molar-refractivity contribution in [3.8, 4) is 0 Å². The highest BCUT2D eigenvalue weighted by Crippen LogP contribution is 2.24. The van der Waals surface area contributed by atoms with E-state index >= 15 is 0 Å². The Bertz CT molecular complexity index is 416. The van der Waals surface area contributed by atoms with Gasteiger partial charge < -0.3 is 5.73 Å². The highest BCUT2D eigenvalue weighted by molar-refractivity contribution is 5.84. The molecule has 0 aliphatic carbocycles. The van der Waals surface area contributed by atoms with Crippen LogP contribution >= 0.6 is 0 Å². The number of benzene rings is 1. The SMILES string of the molecule is CCC1CCCCCN1CC(C(=N)N)c1ccccc1. The Hall–Kier alpha value is -1.35. The Morgan fingerprint density at radius 3 is 2.70 bits per heavy atom. The minimum absolute atomic E-state index is 0.0309. The van der Waals surface area contributed by atoms with Crippen LogP contribution in [0.1, 0.15) is 50.5 Å². The Labute approximate surface area is 122 Å². The molecule has 0 radical (unpaired) electrons. The average Bonchev–Trinajstić information content (AvgIpc) is 2.70. The fraction of sp³-hybridized carbons (Fsp3) is 0.588. The van der Waals surface area contributed by atoms with E-state index in [1.807, 2.05) is 18.2 Å². The topological polar surface area (TPSA) is 53.1 Å². The molecule has 2 rings (SSSR count). The molecule has 3 nitrogen and oxygen atoms in total. The summed E-state index contributed by atoms with van der Waals surface area (Å²) >= 11 is 0. The third-order valence-corrected chi connectivity index (χ3v) is 4.46. The summed E-state index contributed by atoms with van der Waals surface area (Å²) in [6.07, 6.45) is 6.43. The number of hydrogen-bond donors (Lipinski definition) is 2. The molecule has 3 heteroatoms. The molecular weight excluding hydrogens is 246 g/mol. The molecule has 1 heterocycles. The van der Waals surface area contributed by atoms with Crippen molar-refractivity contribution in [2.45, 2.75) is 51.0 Å². The smallest absolute Gasteiger partial charge is 0.0995 e. The zero-order valence-electron chi connectivity index (χ0n) is 12.5. The summed E-state index contributed by atoms with van der Waals surface area (Å²) < 4.78 is 0. The second-order valence-corrected chi connectivity index (χ2v) is 5.82. The van der Waals surface area contributed by atoms with E-state index in [1.165, 1.54) is 37.7 Å². The summed E-state index contributed by atoms with van der Waals surface area (Å²) in [5.74, 6) is 0.318. The van der Waals surface area contributed by atoms with Crippen LogP contribution in [-0.2, 0) is 0 Å². The molecule has 0 amide bonds. The number of nitrogens with two attached hydrogens (primary N) is 1. The fourth-order valence-electron chi connectivity index (χ4n) is 3.24. The Morgan fingerprint density at radius 2 is 2.05 bits per heavy atom. The van der Waals surface area contributed by atoms with Crippen LogP contribution in [0.3, 0.4) is 0 Å². The molecule has 1 aliphatic heterocycles. The predicted octanol–water partition coefficient (Wildman–Crippen LogP) is 3.36. The number of nitrogens with zero attached hydrogens (tertiary/aromatic N) is 1. The van der Waals surface area contributed by atoms with Crippen molar-refractivity contribution in [1.82, 2.24) is 4.90 Å². The van der Waals surface area contributed by atoms with Gasteiger partial charge in [0, 0.05) is 12.6 Å². The van der Waals surface area contributed by atoms with Crippen LogP contribution in [0.2, 0.25) is 0 Å². The summed E-state index contributed by atoms with van der Waals surface area (Å²) in [6.45, 7) is 4.31. The van der Waals surface area contributed by atoms with E-state index in [0.29, 0.717) is 6.04 Å². The molecule has 3 N–H and O–H groups in total. The van der Waals surface area contributed by atoms with E-state index in [9.17, 15) is 0 Å². The lowest BCUT2D eigenvalue weighted by atomic mass is 9.96. The van der Waals surface area contributed by atoms with Gasteiger partial charge in [-0.15, -0.1) is 0 Å². The molecule has 2 atom stereocenters. The number of hydrogen-bond acceptors (Lipinski definition) is 2. The summed E-state index contributed by atoms with van der Waals surface area (Å²) in [5, 5.41) is 7.94. The van der Waals surface area contributed by atoms with E-state index in [4.69, 9.17) is 11.1 Å². The van der Waals surface area contributed by atoms with Gasteiger partial charge in [0.15, 0.2) is 0 Å². The Balaban J connectivity index is 2.12. The van der Waals surface area contributed by atoms with Gasteiger partial charge in [-0.1, -0.05) is 50.1 Å². The van der Waals surface area contributed by atoms with E-state index < -0.39 is 0 Å². The van der Waals surface area contributed by atoms with Crippen LogP contribution < -0.4 is 5.73 Å². The van der Waals surface area contributed by atoms with Gasteiger partial charge in [0.25, 0.3) is 0 Å². The number of rotatable bonds is 5. The number of nitrogens with one attached hydrogen (secondary N) is 1. The van der Waals surface area contributed by atoms with Gasteiger partial charge in [-0.25, -0.2) is 0 Å². The molecule has 1 aromatic rings. The third-order valence-electron chi connectivity index (χ3n) is 4.46. The van der Waals surface area contributed by atoms with Gasteiger partial charge >= 0.3 is 0 Å². The van der Waals surface area contributed by atoms with Crippen LogP contribution in [0.15, 0.2) is 30.3 Å². The second kappa shape index (κ2) is 7.44. The van der Waals surface area contributed by atoms with Gasteiger partial charge in [0.1, 0.15) is 0 Å². The van der Waals surface area contributed by atoms with E-state index in [2.05, 4.69) is 24.0 Å². The standard InChI is InChI=1S/C17H27N3/c1-2-15-11-7-4-8-12-20(15)13-16(17(18)19)14-9-5-3-6-10-14/h3,5-6,9-10,15-16H,2,4,7-8,11-13H2,1H3,(H3,18,19). The van der Waals surface area contributed by atoms with Crippen LogP contribution in [-0.4, -0.2) is 29.9 Å². The van der Waals surface area contributed by atoms with E-state index in [0.717, 1.165) is 13.1 Å². The van der Waals surface area contributed by atoms with E-state index in [-0.39, 0.29) is 11.8 Å². The minimum Gasteiger partial charge on any atom is -0.387 e. The molecular formula is C17H27N3. The molecule has 1 saturated heterocycles. The lowest BCUT2D eigenvalue weighted by Gasteiger charge is -2.32. The molecule has 1 aromatic carbocycles. The summed E-state index contributed by atoms with van der Waals surface area (Å²) in [4.78, 5) is 2.56. The predicted molar refractivity (Wildman–Crippen MR) is 85.2 cm³/mol. The first-order valence-corrected chi connectivity index (χ1v) is 7.85. The van der Waals surface area contributed by atoms with Gasteiger partial charge in [0.2, 0.25) is 0 Å². The van der Waals surface area contributed by atoms with Crippen LogP contribution in [0.4, 0.5) is 0 Å². The fourth-order valence-corrected chi connectivity index (χ4v) is 3.24. The summed E-state index contributed by atoms with van der Waals surface area (Å²) in [5.41, 5.74) is 7.03. The number of likely N-dealkylation sites (tertiary alicyclic amines) is 1. The quantitative estimate of drug-likeness (QED) is 0.638. The molecule has 0 spiro atoms. The zero-order valence-corrected chi connectivity index (χ0v) is 12.5. The lowest BCUT2D eigenvalue weighted by molar-refractivity contribution is 0.192. The normalized spacial score (nSPS) is 22.1. The van der Waals surface area contributed by atoms with Gasteiger partial charge in [-0.3, -0.25) is 10.3 Å². The van der Waals surface area contributed by atoms with Gasteiger partial charge in [-0.2, -0.15) is 0 Å². The minimum atomic E-state index is 0.0309. The first kappa shape index (κ1) is 15.0. The van der Waals surface area contributed by atoms with Crippen molar-refractivity contribution in [3.05, 3.63) is 35.9 Å². The Morgan fingerprint density at radius 1 is 1.30 bits per heavy atom. The first-order valence-electron chi connectivity index (χ1n) is 7.85. The number of amidine groups is 1.